The number of carbonyl (C=O) groups is 2. The SMILES string of the molecule is CCc1nn(C)c(CSCCC(NC(=O)OC(C)(C)C)C(=O)O)c1Br. The molecule has 0 radical (unpaired) electrons. The van der Waals surface area contributed by atoms with Crippen LogP contribution in [0, 0.1) is 0 Å². The third kappa shape index (κ3) is 7.27. The highest BCUT2D eigenvalue weighted by atomic mass is 79.9. The van der Waals surface area contributed by atoms with Gasteiger partial charge in [0.1, 0.15) is 11.6 Å². The predicted octanol–water partition coefficient (Wildman–Crippen LogP) is 3.35. The van der Waals surface area contributed by atoms with Crippen molar-refractivity contribution in [2.24, 2.45) is 7.05 Å². The van der Waals surface area contributed by atoms with Gasteiger partial charge in [-0.25, -0.2) is 9.59 Å². The molecule has 0 aliphatic rings. The number of aliphatic carboxylic acids is 1. The van der Waals surface area contributed by atoms with Gasteiger partial charge in [-0.2, -0.15) is 16.9 Å². The van der Waals surface area contributed by atoms with Crippen LogP contribution in [0.2, 0.25) is 0 Å². The number of amides is 1. The van der Waals surface area contributed by atoms with Crippen molar-refractivity contribution in [1.29, 1.82) is 0 Å². The highest BCUT2D eigenvalue weighted by molar-refractivity contribution is 9.10. The van der Waals surface area contributed by atoms with Crippen LogP contribution < -0.4 is 5.32 Å². The number of hydrogen-bond donors (Lipinski definition) is 2. The van der Waals surface area contributed by atoms with Crippen molar-refractivity contribution in [1.82, 2.24) is 15.1 Å². The molecule has 0 saturated carbocycles. The van der Waals surface area contributed by atoms with E-state index in [1.165, 1.54) is 0 Å². The van der Waals surface area contributed by atoms with Crippen LogP contribution in [0.1, 0.15) is 45.5 Å². The first-order valence-electron chi connectivity index (χ1n) is 8.05. The average Bonchev–Trinajstić information content (AvgIpc) is 2.74. The van der Waals surface area contributed by atoms with Crippen molar-refractivity contribution in [2.75, 3.05) is 5.75 Å². The minimum Gasteiger partial charge on any atom is -0.480 e. The van der Waals surface area contributed by atoms with E-state index in [1.54, 1.807) is 32.5 Å². The molecule has 1 rings (SSSR count). The van der Waals surface area contributed by atoms with Crippen LogP contribution in [0.4, 0.5) is 4.79 Å². The normalized spacial score (nSPS) is 12.7. The molecular weight excluding hydrogens is 410 g/mol. The highest BCUT2D eigenvalue weighted by Gasteiger charge is 2.23. The number of aromatic nitrogens is 2. The summed E-state index contributed by atoms with van der Waals surface area (Å²) < 4.78 is 7.95. The van der Waals surface area contributed by atoms with Crippen LogP contribution in [0.25, 0.3) is 0 Å². The van der Waals surface area contributed by atoms with Crippen LogP contribution in [0.3, 0.4) is 0 Å². The van der Waals surface area contributed by atoms with E-state index >= 15 is 0 Å². The van der Waals surface area contributed by atoms with Gasteiger partial charge in [-0.15, -0.1) is 0 Å². The second-order valence-electron chi connectivity index (χ2n) is 6.56. The smallest absolute Gasteiger partial charge is 0.408 e. The fraction of sp³-hybridized carbons (Fsp3) is 0.688. The largest absolute Gasteiger partial charge is 0.480 e. The van der Waals surface area contributed by atoms with Crippen molar-refractivity contribution in [2.45, 2.75) is 57.9 Å². The molecule has 1 amide bonds. The lowest BCUT2D eigenvalue weighted by Crippen LogP contribution is -2.43. The van der Waals surface area contributed by atoms with Gasteiger partial charge in [-0.05, 0) is 55.3 Å². The van der Waals surface area contributed by atoms with Gasteiger partial charge in [0.2, 0.25) is 0 Å². The van der Waals surface area contributed by atoms with E-state index in [2.05, 4.69) is 26.3 Å². The van der Waals surface area contributed by atoms with Crippen molar-refractivity contribution < 1.29 is 19.4 Å². The summed E-state index contributed by atoms with van der Waals surface area (Å²) in [5, 5.41) is 16.1. The lowest BCUT2D eigenvalue weighted by molar-refractivity contribution is -0.139. The molecule has 1 unspecified atom stereocenters. The van der Waals surface area contributed by atoms with Crippen molar-refractivity contribution in [3.63, 3.8) is 0 Å². The summed E-state index contributed by atoms with van der Waals surface area (Å²) in [6.07, 6.45) is 0.446. The molecule has 1 heterocycles. The van der Waals surface area contributed by atoms with Gasteiger partial charge < -0.3 is 15.2 Å². The molecule has 0 bridgehead atoms. The maximum atomic E-state index is 11.7. The predicted molar refractivity (Wildman–Crippen MR) is 102 cm³/mol. The number of halogens is 1. The Hall–Kier alpha value is -1.22. The second kappa shape index (κ2) is 9.47. The Morgan fingerprint density at radius 2 is 2.08 bits per heavy atom. The van der Waals surface area contributed by atoms with Crippen LogP contribution in [-0.2, 0) is 28.8 Å². The number of nitrogens with one attached hydrogen (secondary N) is 1. The highest BCUT2D eigenvalue weighted by Crippen LogP contribution is 2.25. The van der Waals surface area contributed by atoms with Gasteiger partial charge in [0.15, 0.2) is 0 Å². The Labute approximate surface area is 161 Å². The number of ether oxygens (including phenoxy) is 1. The number of carboxylic acids is 1. The van der Waals surface area contributed by atoms with Crippen LogP contribution in [-0.4, -0.2) is 44.3 Å². The molecule has 0 aliphatic carbocycles. The third-order valence-corrected chi connectivity index (χ3v) is 5.20. The summed E-state index contributed by atoms with van der Waals surface area (Å²) in [7, 11) is 1.89. The van der Waals surface area contributed by atoms with E-state index in [1.807, 2.05) is 18.7 Å². The molecule has 1 aromatic heterocycles. The number of carboxylic acid groups (broad SMARTS) is 1. The van der Waals surface area contributed by atoms with Crippen molar-refractivity contribution in [3.05, 3.63) is 15.9 Å². The minimum absolute atomic E-state index is 0.315. The Bertz CT molecular complexity index is 613. The number of thioether (sulfide) groups is 1. The molecule has 9 heteroatoms. The summed E-state index contributed by atoms with van der Waals surface area (Å²) >= 11 is 5.16. The molecular formula is C16H26BrN3O4S. The van der Waals surface area contributed by atoms with Gasteiger partial charge >= 0.3 is 12.1 Å². The molecule has 25 heavy (non-hydrogen) atoms. The minimum atomic E-state index is -1.07. The number of hydrogen-bond acceptors (Lipinski definition) is 5. The molecule has 0 saturated heterocycles. The first-order valence-corrected chi connectivity index (χ1v) is 10.00. The third-order valence-electron chi connectivity index (χ3n) is 3.28. The number of nitrogens with zero attached hydrogens (tertiary/aromatic N) is 2. The first kappa shape index (κ1) is 21.8. The molecule has 0 fully saturated rings. The Balaban J connectivity index is 2.50. The summed E-state index contributed by atoms with van der Waals surface area (Å²) in [4.78, 5) is 23.0. The fourth-order valence-corrected chi connectivity index (χ4v) is 4.07. The van der Waals surface area contributed by atoms with E-state index in [4.69, 9.17) is 4.74 Å². The maximum Gasteiger partial charge on any atom is 0.408 e. The van der Waals surface area contributed by atoms with E-state index in [0.29, 0.717) is 17.9 Å². The summed E-state index contributed by atoms with van der Waals surface area (Å²) in [5.74, 6) is 0.232. The summed E-state index contributed by atoms with van der Waals surface area (Å²) in [6, 6.07) is -0.969. The van der Waals surface area contributed by atoms with Crippen molar-refractivity contribution in [3.8, 4) is 0 Å². The van der Waals surface area contributed by atoms with E-state index in [-0.39, 0.29) is 0 Å². The molecule has 2 N–H and O–H groups in total. The van der Waals surface area contributed by atoms with Crippen molar-refractivity contribution >= 4 is 39.8 Å². The zero-order valence-electron chi connectivity index (χ0n) is 15.3. The standard InChI is InChI=1S/C16H26BrN3O4S/c1-6-10-13(17)12(20(5)19-10)9-25-8-7-11(14(21)22)18-15(23)24-16(2,3)4/h11H,6-9H2,1-5H3,(H,18,23)(H,21,22). The fourth-order valence-electron chi connectivity index (χ4n) is 2.05. The van der Waals surface area contributed by atoms with E-state index in [0.717, 1.165) is 22.3 Å². The number of carbonyl (C=O) groups excluding carboxylic acids is 1. The topological polar surface area (TPSA) is 93.5 Å². The van der Waals surface area contributed by atoms with Crippen LogP contribution >= 0.6 is 27.7 Å². The number of alkyl carbamates (subject to hydrolysis) is 1. The zero-order valence-corrected chi connectivity index (χ0v) is 17.7. The average molecular weight is 436 g/mol. The lowest BCUT2D eigenvalue weighted by atomic mass is 10.2. The maximum absolute atomic E-state index is 11.7. The zero-order chi connectivity index (χ0) is 19.2. The Kier molecular flexibility index (Phi) is 8.27. The van der Waals surface area contributed by atoms with Gasteiger partial charge in [-0.3, -0.25) is 4.68 Å². The molecule has 0 aromatic carbocycles. The lowest BCUT2D eigenvalue weighted by Gasteiger charge is -2.21. The van der Waals surface area contributed by atoms with E-state index in [9.17, 15) is 14.7 Å². The van der Waals surface area contributed by atoms with Crippen LogP contribution in [0.5, 0.6) is 0 Å². The molecule has 142 valence electrons. The summed E-state index contributed by atoms with van der Waals surface area (Å²) in [5.41, 5.74) is 1.41. The van der Waals surface area contributed by atoms with Gasteiger partial charge in [0.05, 0.1) is 15.9 Å². The van der Waals surface area contributed by atoms with E-state index < -0.39 is 23.7 Å². The van der Waals surface area contributed by atoms with Gasteiger partial charge in [0.25, 0.3) is 0 Å². The second-order valence-corrected chi connectivity index (χ2v) is 8.46. The monoisotopic (exact) mass is 435 g/mol. The quantitative estimate of drug-likeness (QED) is 0.608. The molecule has 0 spiro atoms. The number of aryl methyl sites for hydroxylation is 2. The molecule has 7 nitrogen and oxygen atoms in total. The summed E-state index contributed by atoms with van der Waals surface area (Å²) in [6.45, 7) is 7.24. The molecule has 1 atom stereocenters. The number of rotatable bonds is 8. The van der Waals surface area contributed by atoms with Crippen LogP contribution in [0.15, 0.2) is 4.47 Å². The Morgan fingerprint density at radius 1 is 1.44 bits per heavy atom. The molecule has 0 aliphatic heterocycles. The van der Waals surface area contributed by atoms with Gasteiger partial charge in [0, 0.05) is 12.8 Å². The van der Waals surface area contributed by atoms with Gasteiger partial charge in [-0.1, -0.05) is 6.92 Å². The molecule has 1 aromatic rings. The Morgan fingerprint density at radius 3 is 2.56 bits per heavy atom. The first-order chi connectivity index (χ1) is 11.5.